The highest BCUT2D eigenvalue weighted by atomic mass is 32.5. The van der Waals surface area contributed by atoms with Gasteiger partial charge in [-0.15, -0.1) is 5.10 Å². The molecule has 4 N–H and O–H groups in total. The smallest absolute Gasteiger partial charge is 0.327 e. The maximum atomic E-state index is 17.1. The summed E-state index contributed by atoms with van der Waals surface area (Å²) in [6, 6.07) is 16.2. The second kappa shape index (κ2) is 23.2. The number of aromatic nitrogens is 10. The largest absolute Gasteiger partial charge is 0.786 e. The lowest BCUT2D eigenvalue weighted by Crippen LogP contribution is -2.50. The number of hydrogen-bond acceptors (Lipinski definition) is 20. The van der Waals surface area contributed by atoms with E-state index in [0.29, 0.717) is 5.56 Å². The number of rotatable bonds is 11. The Morgan fingerprint density at radius 2 is 1.77 bits per heavy atom. The summed E-state index contributed by atoms with van der Waals surface area (Å²) in [6.07, 6.45) is -5.51. The predicted octanol–water partition coefficient (Wildman–Crippen LogP) is 4.78. The van der Waals surface area contributed by atoms with Crippen molar-refractivity contribution in [1.82, 2.24) is 44.5 Å². The molecule has 10 atom stereocenters. The van der Waals surface area contributed by atoms with E-state index in [4.69, 9.17) is 48.3 Å². The molecule has 3 saturated heterocycles. The molecule has 3 fully saturated rings. The van der Waals surface area contributed by atoms with Crippen molar-refractivity contribution in [3.63, 3.8) is 0 Å². The zero-order valence-corrected chi connectivity index (χ0v) is 44.7. The number of fused-ring (bicyclic) bond motifs is 5. The predicted molar refractivity (Wildman–Crippen MR) is 266 cm³/mol. The zero-order chi connectivity index (χ0) is 53.0. The van der Waals surface area contributed by atoms with Crippen LogP contribution < -0.4 is 26.1 Å². The van der Waals surface area contributed by atoms with Crippen molar-refractivity contribution in [1.29, 1.82) is 5.26 Å². The SMILES string of the molecule is CC(C)C(=O)Nc1nc2c(ncn2[C@@H]2O[C@@H]3COP(=S)(OCCC#N)O[C@H]4[C@H](F)[C@H](n5nnc6c(NC(=O)c7ccccc7)ncnc65)O[C@@H]4COP([O-])O[C@H]2[C@@H]3O[Si](C)(C)C(C)(C)C)c(=O)[nH]1.c1cc[nH+]cc1. The summed E-state index contributed by atoms with van der Waals surface area (Å²) in [5.74, 6) is -1.52. The number of ether oxygens (including phenoxy) is 2. The number of amides is 2. The molecule has 394 valence electrons. The first kappa shape index (κ1) is 54.7. The number of alkyl halides is 1. The Bertz CT molecular complexity index is 3050. The Labute approximate surface area is 430 Å². The van der Waals surface area contributed by atoms with Crippen molar-refractivity contribution < 1.29 is 60.4 Å². The summed E-state index contributed by atoms with van der Waals surface area (Å²) in [5, 5.41) is 22.5. The lowest BCUT2D eigenvalue weighted by Gasteiger charge is -2.41. The molecule has 5 aromatic heterocycles. The summed E-state index contributed by atoms with van der Waals surface area (Å²) in [7, 11) is -5.90. The molecular weight excluding hydrogens is 1040 g/mol. The number of anilines is 2. The van der Waals surface area contributed by atoms with Gasteiger partial charge in [-0.1, -0.05) is 64.1 Å². The van der Waals surface area contributed by atoms with Crippen molar-refractivity contribution in [2.75, 3.05) is 30.5 Å². The summed E-state index contributed by atoms with van der Waals surface area (Å²) in [6.45, 7) is 7.93. The van der Waals surface area contributed by atoms with E-state index in [-0.39, 0.29) is 52.2 Å². The molecule has 30 heteroatoms. The molecule has 2 bridgehead atoms. The third-order valence-electron chi connectivity index (χ3n) is 12.3. The van der Waals surface area contributed by atoms with Crippen molar-refractivity contribution in [3.05, 3.63) is 89.5 Å². The molecule has 74 heavy (non-hydrogen) atoms. The average Bonchev–Trinajstić information content (AvgIpc) is 4.15. The highest BCUT2D eigenvalue weighted by Gasteiger charge is 2.55. The van der Waals surface area contributed by atoms with E-state index >= 15 is 4.39 Å². The van der Waals surface area contributed by atoms with E-state index in [1.54, 1.807) is 44.2 Å². The molecule has 0 spiro atoms. The van der Waals surface area contributed by atoms with Gasteiger partial charge in [-0.2, -0.15) is 14.9 Å². The molecule has 3 aliphatic rings. The minimum Gasteiger partial charge on any atom is -0.786 e. The summed E-state index contributed by atoms with van der Waals surface area (Å²) in [4.78, 5) is 75.6. The number of halogens is 1. The maximum absolute atomic E-state index is 17.1. The van der Waals surface area contributed by atoms with Gasteiger partial charge in [0.05, 0.1) is 47.2 Å². The first-order valence-electron chi connectivity index (χ1n) is 23.2. The molecule has 0 radical (unpaired) electrons. The number of imidazole rings is 1. The monoisotopic (exact) mass is 1100 g/mol. The van der Waals surface area contributed by atoms with Gasteiger partial charge in [-0.25, -0.2) is 24.3 Å². The van der Waals surface area contributed by atoms with E-state index in [0.717, 1.165) is 11.0 Å². The number of H-pyrrole nitrogens is 2. The van der Waals surface area contributed by atoms with Crippen molar-refractivity contribution >= 4 is 81.4 Å². The molecule has 0 aliphatic carbocycles. The fourth-order valence-corrected chi connectivity index (χ4v) is 11.6. The van der Waals surface area contributed by atoms with Crippen LogP contribution in [0, 0.1) is 17.2 Å². The number of carbonyl (C=O) groups excluding carboxylic acids is 2. The highest BCUT2D eigenvalue weighted by molar-refractivity contribution is 8.07. The fraction of sp³-hybridized carbons (Fsp3) is 0.477. The molecule has 25 nitrogen and oxygen atoms in total. The van der Waals surface area contributed by atoms with Gasteiger partial charge >= 0.3 is 6.72 Å². The lowest BCUT2D eigenvalue weighted by atomic mass is 10.1. The van der Waals surface area contributed by atoms with Crippen molar-refractivity contribution in [2.24, 2.45) is 5.92 Å². The molecule has 2 amide bonds. The molecule has 6 aromatic rings. The standard InChI is InChI=1S/C39H48FN12O12P2SSi.C5H5N/c1-20(2)33(53)47-38-46-32-26(35(55)48-38)44-19-51(32)37-29-28(64-68(6,7)39(3,4)5)23(61-37)17-59-66(67,58-15-11-14-41)63-27-22(16-57-65(56)62-29)60-36(24(27)40)52-31-25(49-50-52)30(42-18-43-31)45-34(54)21-12-9-8-10-13-21;1-2-4-6-5-3-1/h8-10,12-13,18-20,22-24,27-29,36-37H,11,15-17H2,1-7H3,(H,42,43,45,54)(H2,46,47,48,53,55);1-5H/q-1;/p+1/t22-,23-,24+,27-,28-,29+,36-,37-,65?,66?;/m1./s1. The van der Waals surface area contributed by atoms with Crippen LogP contribution in [-0.2, 0) is 53.1 Å². The topological polar surface area (TPSA) is 313 Å². The summed E-state index contributed by atoms with van der Waals surface area (Å²) in [5.41, 5.74) is -0.471. The number of carbonyl (C=O) groups is 2. The van der Waals surface area contributed by atoms with Crippen molar-refractivity contribution in [2.45, 2.75) is 108 Å². The second-order valence-corrected chi connectivity index (χ2v) is 27.4. The minimum absolute atomic E-state index is 0.00909. The van der Waals surface area contributed by atoms with Gasteiger partial charge in [0.2, 0.25) is 11.9 Å². The third-order valence-corrected chi connectivity index (χ3v) is 19.9. The van der Waals surface area contributed by atoms with Crippen molar-refractivity contribution in [3.8, 4) is 6.07 Å². The number of aromatic amines is 2. The molecule has 9 rings (SSSR count). The Hall–Kier alpha value is -5.50. The van der Waals surface area contributed by atoms with Crippen LogP contribution >= 0.6 is 15.3 Å². The second-order valence-electron chi connectivity index (χ2n) is 18.8. The molecule has 8 heterocycles. The number of pyridine rings is 1. The number of nitriles is 1. The van der Waals surface area contributed by atoms with Gasteiger partial charge in [0, 0.05) is 23.6 Å². The molecule has 3 aliphatic heterocycles. The van der Waals surface area contributed by atoms with E-state index in [9.17, 15) is 24.5 Å². The quantitative estimate of drug-likeness (QED) is 0.0892. The van der Waals surface area contributed by atoms with Crippen LogP contribution in [0.3, 0.4) is 0 Å². The number of nitrogens with zero attached hydrogens (tertiary/aromatic N) is 9. The van der Waals surface area contributed by atoms with Gasteiger partial charge in [-0.3, -0.25) is 33.8 Å². The number of benzene rings is 1. The zero-order valence-electron chi connectivity index (χ0n) is 41.1. The Balaban J connectivity index is 0.00000113. The minimum atomic E-state index is -4.10. The van der Waals surface area contributed by atoms with Gasteiger partial charge in [0.1, 0.15) is 36.8 Å². The van der Waals surface area contributed by atoms with Crippen LogP contribution in [0.4, 0.5) is 16.2 Å². The lowest BCUT2D eigenvalue weighted by molar-refractivity contribution is -0.378. The van der Waals surface area contributed by atoms with Gasteiger partial charge in [0.15, 0.2) is 67.5 Å². The highest BCUT2D eigenvalue weighted by Crippen LogP contribution is 2.56. The third kappa shape index (κ3) is 12.3. The Kier molecular flexibility index (Phi) is 17.1. The summed E-state index contributed by atoms with van der Waals surface area (Å²) < 4.78 is 69.9. The van der Waals surface area contributed by atoms with Gasteiger partial charge < -0.3 is 42.2 Å². The summed E-state index contributed by atoms with van der Waals surface area (Å²) >= 11 is 5.92. The first-order valence-corrected chi connectivity index (χ1v) is 29.8. The van der Waals surface area contributed by atoms with Crippen LogP contribution in [-0.4, -0.2) is 121 Å². The normalized spacial score (nSPS) is 26.5. The van der Waals surface area contributed by atoms with Crippen LogP contribution in [0.1, 0.15) is 63.9 Å². The molecule has 0 saturated carbocycles. The van der Waals surface area contributed by atoms with Gasteiger partial charge in [-0.05, 0) is 42.1 Å². The van der Waals surface area contributed by atoms with Gasteiger partial charge in [0.25, 0.3) is 11.5 Å². The Morgan fingerprint density at radius 1 is 1.04 bits per heavy atom. The van der Waals surface area contributed by atoms with Crippen LogP contribution in [0.25, 0.3) is 22.3 Å². The van der Waals surface area contributed by atoms with E-state index in [2.05, 4.69) is 50.8 Å². The van der Waals surface area contributed by atoms with E-state index < -0.39 is 109 Å². The molecular formula is C44H54FN13O12P2SSi. The van der Waals surface area contributed by atoms with E-state index in [1.807, 2.05) is 70.5 Å². The average molecular weight is 1100 g/mol. The maximum Gasteiger partial charge on any atom is 0.327 e. The van der Waals surface area contributed by atoms with Crippen LogP contribution in [0.15, 0.2) is 78.4 Å². The van der Waals surface area contributed by atoms with E-state index in [1.165, 1.54) is 10.9 Å². The Morgan fingerprint density at radius 3 is 2.45 bits per heavy atom. The number of nitrogens with one attached hydrogen (secondary N) is 4. The fourth-order valence-electron chi connectivity index (χ4n) is 7.44. The molecule has 2 unspecified atom stereocenters. The van der Waals surface area contributed by atoms with Crippen LogP contribution in [0.2, 0.25) is 18.1 Å². The number of hydrogen-bond donors (Lipinski definition) is 3. The van der Waals surface area contributed by atoms with Crippen LogP contribution in [0.5, 0.6) is 0 Å². The first-order chi connectivity index (χ1) is 35.3. The molecule has 1 aromatic carbocycles.